The third-order valence-corrected chi connectivity index (χ3v) is 1.79. The molecule has 0 fully saturated rings. The van der Waals surface area contributed by atoms with Crippen LogP contribution in [0.15, 0.2) is 30.3 Å². The molecule has 1 aromatic rings. The van der Waals surface area contributed by atoms with Crippen LogP contribution in [0.25, 0.3) is 0 Å². The van der Waals surface area contributed by atoms with Gasteiger partial charge in [0.05, 0.1) is 6.61 Å². The summed E-state index contributed by atoms with van der Waals surface area (Å²) < 4.78 is 4.77. The van der Waals surface area contributed by atoms with Crippen molar-refractivity contribution >= 4 is 11.9 Å². The number of carboxylic acids is 1. The average molecular weight is 223 g/mol. The highest BCUT2D eigenvalue weighted by molar-refractivity contribution is 5.94. The van der Waals surface area contributed by atoms with E-state index in [2.05, 4.69) is 5.32 Å². The van der Waals surface area contributed by atoms with E-state index in [-0.39, 0.29) is 19.1 Å². The van der Waals surface area contributed by atoms with Crippen LogP contribution in [-0.4, -0.2) is 36.7 Å². The SMILES string of the molecule is O=C(O)COCCNC(=O)c1ccccc1. The van der Waals surface area contributed by atoms with E-state index in [9.17, 15) is 9.59 Å². The van der Waals surface area contributed by atoms with Gasteiger partial charge in [-0.25, -0.2) is 4.79 Å². The van der Waals surface area contributed by atoms with E-state index in [4.69, 9.17) is 9.84 Å². The Morgan fingerprint density at radius 1 is 1.25 bits per heavy atom. The topological polar surface area (TPSA) is 75.6 Å². The molecular formula is C11H13NO4. The van der Waals surface area contributed by atoms with Gasteiger partial charge in [0.15, 0.2) is 0 Å². The highest BCUT2D eigenvalue weighted by atomic mass is 16.5. The van der Waals surface area contributed by atoms with Crippen LogP contribution >= 0.6 is 0 Å². The molecule has 0 atom stereocenters. The van der Waals surface area contributed by atoms with Crippen LogP contribution in [0.2, 0.25) is 0 Å². The Morgan fingerprint density at radius 3 is 2.56 bits per heavy atom. The molecular weight excluding hydrogens is 210 g/mol. The van der Waals surface area contributed by atoms with Crippen LogP contribution in [0.4, 0.5) is 0 Å². The summed E-state index contributed by atoms with van der Waals surface area (Å²) >= 11 is 0. The number of hydrogen-bond donors (Lipinski definition) is 2. The van der Waals surface area contributed by atoms with Crippen LogP contribution in [0.5, 0.6) is 0 Å². The van der Waals surface area contributed by atoms with E-state index >= 15 is 0 Å². The van der Waals surface area contributed by atoms with Crippen molar-refractivity contribution in [1.29, 1.82) is 0 Å². The van der Waals surface area contributed by atoms with Gasteiger partial charge >= 0.3 is 5.97 Å². The number of hydrogen-bond acceptors (Lipinski definition) is 3. The molecule has 0 spiro atoms. The fraction of sp³-hybridized carbons (Fsp3) is 0.273. The highest BCUT2D eigenvalue weighted by Gasteiger charge is 2.03. The molecule has 2 N–H and O–H groups in total. The van der Waals surface area contributed by atoms with Gasteiger partial charge in [0, 0.05) is 12.1 Å². The molecule has 0 heterocycles. The second-order valence-electron chi connectivity index (χ2n) is 3.07. The molecule has 1 rings (SSSR count). The number of carbonyl (C=O) groups excluding carboxylic acids is 1. The minimum Gasteiger partial charge on any atom is -0.480 e. The Kier molecular flexibility index (Phi) is 5.01. The molecule has 0 aliphatic heterocycles. The highest BCUT2D eigenvalue weighted by Crippen LogP contribution is 1.97. The van der Waals surface area contributed by atoms with Crippen LogP contribution in [0, 0.1) is 0 Å². The van der Waals surface area contributed by atoms with E-state index in [0.717, 1.165) is 0 Å². The number of ether oxygens (including phenoxy) is 1. The molecule has 0 aliphatic carbocycles. The number of carboxylic acid groups (broad SMARTS) is 1. The first-order chi connectivity index (χ1) is 7.70. The van der Waals surface area contributed by atoms with Gasteiger partial charge < -0.3 is 15.2 Å². The number of rotatable bonds is 6. The first kappa shape index (κ1) is 12.2. The average Bonchev–Trinajstić information content (AvgIpc) is 2.29. The van der Waals surface area contributed by atoms with Gasteiger partial charge in [0.2, 0.25) is 0 Å². The minimum absolute atomic E-state index is 0.185. The number of carbonyl (C=O) groups is 2. The quantitative estimate of drug-likeness (QED) is 0.689. The summed E-state index contributed by atoms with van der Waals surface area (Å²) in [7, 11) is 0. The molecule has 1 amide bonds. The van der Waals surface area contributed by atoms with Crippen molar-refractivity contribution in [2.45, 2.75) is 0 Å². The maximum Gasteiger partial charge on any atom is 0.329 e. The van der Waals surface area contributed by atoms with Crippen molar-refractivity contribution < 1.29 is 19.4 Å². The number of nitrogens with one attached hydrogen (secondary N) is 1. The molecule has 5 nitrogen and oxygen atoms in total. The van der Waals surface area contributed by atoms with Gasteiger partial charge in [-0.3, -0.25) is 4.79 Å². The zero-order valence-corrected chi connectivity index (χ0v) is 8.68. The van der Waals surface area contributed by atoms with Gasteiger partial charge in [-0.1, -0.05) is 18.2 Å². The molecule has 0 saturated carbocycles. The fourth-order valence-corrected chi connectivity index (χ4v) is 1.09. The van der Waals surface area contributed by atoms with Crippen LogP contribution in [0.3, 0.4) is 0 Å². The summed E-state index contributed by atoms with van der Waals surface area (Å²) in [6.45, 7) is 0.132. The van der Waals surface area contributed by atoms with Gasteiger partial charge in [0.25, 0.3) is 5.91 Å². The molecule has 0 saturated heterocycles. The standard InChI is InChI=1S/C11H13NO4/c13-10(14)8-16-7-6-12-11(15)9-4-2-1-3-5-9/h1-5H,6-8H2,(H,12,15)(H,13,14). The van der Waals surface area contributed by atoms with E-state index in [1.807, 2.05) is 6.07 Å². The third kappa shape index (κ3) is 4.56. The van der Waals surface area contributed by atoms with Crippen LogP contribution in [-0.2, 0) is 9.53 Å². The molecule has 0 radical (unpaired) electrons. The minimum atomic E-state index is -1.02. The van der Waals surface area contributed by atoms with Crippen molar-refractivity contribution in [3.8, 4) is 0 Å². The van der Waals surface area contributed by atoms with Crippen molar-refractivity contribution in [2.75, 3.05) is 19.8 Å². The van der Waals surface area contributed by atoms with E-state index in [0.29, 0.717) is 12.1 Å². The summed E-state index contributed by atoms with van der Waals surface area (Å²) in [6.07, 6.45) is 0. The summed E-state index contributed by atoms with van der Waals surface area (Å²) in [6, 6.07) is 8.78. The van der Waals surface area contributed by atoms with E-state index in [1.165, 1.54) is 0 Å². The monoisotopic (exact) mass is 223 g/mol. The fourth-order valence-electron chi connectivity index (χ4n) is 1.09. The summed E-state index contributed by atoms with van der Waals surface area (Å²) in [5.74, 6) is -1.21. The van der Waals surface area contributed by atoms with Gasteiger partial charge in [-0.15, -0.1) is 0 Å². The first-order valence-corrected chi connectivity index (χ1v) is 4.83. The Morgan fingerprint density at radius 2 is 1.94 bits per heavy atom. The molecule has 0 unspecified atom stereocenters. The van der Waals surface area contributed by atoms with E-state index in [1.54, 1.807) is 24.3 Å². The van der Waals surface area contributed by atoms with Crippen molar-refractivity contribution in [2.24, 2.45) is 0 Å². The van der Waals surface area contributed by atoms with Gasteiger partial charge in [-0.05, 0) is 12.1 Å². The summed E-state index contributed by atoms with van der Waals surface area (Å²) in [5, 5.41) is 10.9. The number of benzene rings is 1. The maximum absolute atomic E-state index is 11.5. The van der Waals surface area contributed by atoms with Crippen LogP contribution in [0.1, 0.15) is 10.4 Å². The number of amides is 1. The number of aliphatic carboxylic acids is 1. The molecule has 86 valence electrons. The first-order valence-electron chi connectivity index (χ1n) is 4.83. The lowest BCUT2D eigenvalue weighted by Gasteiger charge is -2.04. The molecule has 0 aliphatic rings. The smallest absolute Gasteiger partial charge is 0.329 e. The molecule has 0 bridgehead atoms. The van der Waals surface area contributed by atoms with Gasteiger partial charge in [0.1, 0.15) is 6.61 Å². The zero-order chi connectivity index (χ0) is 11.8. The second-order valence-corrected chi connectivity index (χ2v) is 3.07. The normalized spacial score (nSPS) is 9.75. The van der Waals surface area contributed by atoms with Crippen molar-refractivity contribution in [3.05, 3.63) is 35.9 Å². The molecule has 1 aromatic carbocycles. The van der Waals surface area contributed by atoms with Crippen LogP contribution < -0.4 is 5.32 Å². The lowest BCUT2D eigenvalue weighted by atomic mass is 10.2. The summed E-state index contributed by atoms with van der Waals surface area (Å²) in [5.41, 5.74) is 0.570. The lowest BCUT2D eigenvalue weighted by Crippen LogP contribution is -2.27. The van der Waals surface area contributed by atoms with E-state index < -0.39 is 5.97 Å². The zero-order valence-electron chi connectivity index (χ0n) is 8.68. The predicted molar refractivity (Wildman–Crippen MR) is 57.2 cm³/mol. The molecule has 16 heavy (non-hydrogen) atoms. The summed E-state index contributed by atoms with van der Waals surface area (Å²) in [4.78, 5) is 21.6. The Bertz CT molecular complexity index is 350. The Labute approximate surface area is 93.0 Å². The Balaban J connectivity index is 2.19. The largest absolute Gasteiger partial charge is 0.480 e. The van der Waals surface area contributed by atoms with Gasteiger partial charge in [-0.2, -0.15) is 0 Å². The third-order valence-electron chi connectivity index (χ3n) is 1.79. The van der Waals surface area contributed by atoms with Crippen molar-refractivity contribution in [3.63, 3.8) is 0 Å². The predicted octanol–water partition coefficient (Wildman–Crippen LogP) is 0.518. The molecule has 5 heteroatoms. The molecule has 0 aromatic heterocycles. The Hall–Kier alpha value is -1.88. The lowest BCUT2D eigenvalue weighted by molar-refractivity contribution is -0.142. The maximum atomic E-state index is 11.5. The van der Waals surface area contributed by atoms with Crippen molar-refractivity contribution in [1.82, 2.24) is 5.32 Å². The second kappa shape index (κ2) is 6.58.